The van der Waals surface area contributed by atoms with Gasteiger partial charge in [0.2, 0.25) is 5.82 Å². The Kier molecular flexibility index (Phi) is 3.44. The lowest BCUT2D eigenvalue weighted by atomic mass is 9.99. The second-order valence-corrected chi connectivity index (χ2v) is 4.28. The van der Waals surface area contributed by atoms with Crippen molar-refractivity contribution in [3.63, 3.8) is 0 Å². The topological polar surface area (TPSA) is 40.5 Å². The number of hydrogen-bond acceptors (Lipinski definition) is 2. The van der Waals surface area contributed by atoms with Crippen LogP contribution in [0.25, 0.3) is 0 Å². The minimum atomic E-state index is -2.20. The number of rotatable bonds is 3. The maximum absolute atomic E-state index is 13.3. The molecular formula is C11H8F5NO2. The number of carboxylic acid groups (broad SMARTS) is 1. The molecule has 0 aromatic heterocycles. The molecule has 0 atom stereocenters. The first-order valence-corrected chi connectivity index (χ1v) is 5.28. The summed E-state index contributed by atoms with van der Waals surface area (Å²) in [5, 5.41) is 8.61. The van der Waals surface area contributed by atoms with Gasteiger partial charge in [0.1, 0.15) is 0 Å². The molecule has 1 N–H and O–H groups in total. The molecule has 1 aliphatic heterocycles. The van der Waals surface area contributed by atoms with Crippen molar-refractivity contribution in [2.75, 3.05) is 13.1 Å². The zero-order valence-electron chi connectivity index (χ0n) is 9.39. The highest BCUT2D eigenvalue weighted by molar-refractivity contribution is 5.71. The van der Waals surface area contributed by atoms with Crippen molar-refractivity contribution in [2.45, 2.75) is 6.54 Å². The first-order chi connectivity index (χ1) is 8.82. The number of benzene rings is 1. The maximum atomic E-state index is 13.3. The fourth-order valence-corrected chi connectivity index (χ4v) is 1.87. The Morgan fingerprint density at radius 3 is 1.84 bits per heavy atom. The number of likely N-dealkylation sites (tertiary alicyclic amines) is 1. The van der Waals surface area contributed by atoms with Gasteiger partial charge in [0.05, 0.1) is 5.92 Å². The van der Waals surface area contributed by atoms with Gasteiger partial charge in [-0.3, -0.25) is 9.69 Å². The monoisotopic (exact) mass is 281 g/mol. The SMILES string of the molecule is O=C(O)C1CN(Cc2c(F)c(F)c(F)c(F)c2F)C1. The second-order valence-electron chi connectivity index (χ2n) is 4.28. The smallest absolute Gasteiger partial charge is 0.309 e. The molecular weight excluding hydrogens is 273 g/mol. The van der Waals surface area contributed by atoms with Gasteiger partial charge >= 0.3 is 5.97 Å². The minimum absolute atomic E-state index is 0.00876. The molecule has 0 saturated carbocycles. The predicted molar refractivity (Wildman–Crippen MR) is 52.6 cm³/mol. The Labute approximate surface area is 104 Å². The molecule has 1 aromatic rings. The molecule has 104 valence electrons. The van der Waals surface area contributed by atoms with Crippen molar-refractivity contribution >= 4 is 5.97 Å². The third-order valence-corrected chi connectivity index (χ3v) is 2.99. The quantitative estimate of drug-likeness (QED) is 0.522. The standard InChI is InChI=1S/C11H8F5NO2/c12-6-5(3-17-1-4(2-17)11(18)19)7(13)9(15)10(16)8(6)14/h4H,1-3H2,(H,18,19). The van der Waals surface area contributed by atoms with E-state index in [1.165, 1.54) is 4.90 Å². The van der Waals surface area contributed by atoms with E-state index in [4.69, 9.17) is 5.11 Å². The van der Waals surface area contributed by atoms with Crippen LogP contribution in [0.2, 0.25) is 0 Å². The summed E-state index contributed by atoms with van der Waals surface area (Å²) in [5.41, 5.74) is -0.944. The van der Waals surface area contributed by atoms with E-state index in [0.717, 1.165) is 0 Å². The Hall–Kier alpha value is -1.70. The van der Waals surface area contributed by atoms with Gasteiger partial charge in [0.25, 0.3) is 0 Å². The van der Waals surface area contributed by atoms with E-state index in [9.17, 15) is 26.7 Å². The second kappa shape index (κ2) is 4.76. The Balaban J connectivity index is 2.21. The van der Waals surface area contributed by atoms with Crippen LogP contribution in [0.5, 0.6) is 0 Å². The normalized spacial score (nSPS) is 16.5. The molecule has 0 unspecified atom stereocenters. The molecule has 0 bridgehead atoms. The molecule has 1 heterocycles. The lowest BCUT2D eigenvalue weighted by Gasteiger charge is -2.36. The van der Waals surface area contributed by atoms with Gasteiger partial charge in [0, 0.05) is 25.2 Å². The molecule has 2 rings (SSSR count). The summed E-state index contributed by atoms with van der Waals surface area (Å²) in [6, 6.07) is 0. The van der Waals surface area contributed by atoms with Gasteiger partial charge < -0.3 is 5.11 Å². The number of aliphatic carboxylic acids is 1. The summed E-state index contributed by atoms with van der Waals surface area (Å²) in [4.78, 5) is 11.8. The average molecular weight is 281 g/mol. The number of carbonyl (C=O) groups is 1. The lowest BCUT2D eigenvalue weighted by Crippen LogP contribution is -2.49. The molecule has 1 aromatic carbocycles. The number of nitrogens with zero attached hydrogens (tertiary/aromatic N) is 1. The number of carboxylic acids is 1. The van der Waals surface area contributed by atoms with Crippen LogP contribution < -0.4 is 0 Å². The van der Waals surface area contributed by atoms with Gasteiger partial charge in [-0.15, -0.1) is 0 Å². The molecule has 0 radical (unpaired) electrons. The fourth-order valence-electron chi connectivity index (χ4n) is 1.87. The van der Waals surface area contributed by atoms with Crippen molar-refractivity contribution in [2.24, 2.45) is 5.92 Å². The Morgan fingerprint density at radius 1 is 1.00 bits per heavy atom. The third-order valence-electron chi connectivity index (χ3n) is 2.99. The van der Waals surface area contributed by atoms with Gasteiger partial charge in [0.15, 0.2) is 23.3 Å². The highest BCUT2D eigenvalue weighted by Crippen LogP contribution is 2.26. The van der Waals surface area contributed by atoms with Gasteiger partial charge in [-0.05, 0) is 0 Å². The maximum Gasteiger partial charge on any atom is 0.309 e. The van der Waals surface area contributed by atoms with Crippen molar-refractivity contribution in [1.82, 2.24) is 4.90 Å². The highest BCUT2D eigenvalue weighted by atomic mass is 19.2. The molecule has 3 nitrogen and oxygen atoms in total. The molecule has 1 aliphatic rings. The summed E-state index contributed by atoms with van der Waals surface area (Å²) in [7, 11) is 0. The Morgan fingerprint density at radius 2 is 1.42 bits per heavy atom. The van der Waals surface area contributed by atoms with Crippen molar-refractivity contribution in [3.8, 4) is 0 Å². The van der Waals surface area contributed by atoms with Crippen LogP contribution in [-0.2, 0) is 11.3 Å². The zero-order valence-corrected chi connectivity index (χ0v) is 9.39. The van der Waals surface area contributed by atoms with Gasteiger partial charge in [-0.2, -0.15) is 0 Å². The lowest BCUT2D eigenvalue weighted by molar-refractivity contribution is -0.147. The van der Waals surface area contributed by atoms with Crippen molar-refractivity contribution < 1.29 is 31.9 Å². The molecule has 8 heteroatoms. The van der Waals surface area contributed by atoms with Crippen molar-refractivity contribution in [1.29, 1.82) is 0 Å². The van der Waals surface area contributed by atoms with Crippen LogP contribution in [0.1, 0.15) is 5.56 Å². The van der Waals surface area contributed by atoms with Crippen LogP contribution in [0.15, 0.2) is 0 Å². The fraction of sp³-hybridized carbons (Fsp3) is 0.364. The average Bonchev–Trinajstić information content (AvgIpc) is 2.31. The minimum Gasteiger partial charge on any atom is -0.481 e. The van der Waals surface area contributed by atoms with E-state index in [-0.39, 0.29) is 13.1 Å². The van der Waals surface area contributed by atoms with Crippen molar-refractivity contribution in [3.05, 3.63) is 34.6 Å². The predicted octanol–water partition coefficient (Wildman–Crippen LogP) is 1.90. The molecule has 0 amide bonds. The summed E-state index contributed by atoms with van der Waals surface area (Å²) in [6.45, 7) is -0.501. The number of hydrogen-bond donors (Lipinski definition) is 1. The molecule has 1 saturated heterocycles. The molecule has 19 heavy (non-hydrogen) atoms. The van der Waals surface area contributed by atoms with E-state index in [0.29, 0.717) is 0 Å². The first-order valence-electron chi connectivity index (χ1n) is 5.28. The van der Waals surface area contributed by atoms with Crippen LogP contribution in [-0.4, -0.2) is 29.1 Å². The summed E-state index contributed by atoms with van der Waals surface area (Å²) >= 11 is 0. The summed E-state index contributed by atoms with van der Waals surface area (Å²) in [5.74, 6) is -11.7. The van der Waals surface area contributed by atoms with Gasteiger partial charge in [-0.25, -0.2) is 22.0 Å². The third kappa shape index (κ3) is 2.27. The largest absolute Gasteiger partial charge is 0.481 e. The summed E-state index contributed by atoms with van der Waals surface area (Å²) in [6.07, 6.45) is 0. The molecule has 1 fully saturated rings. The van der Waals surface area contributed by atoms with E-state index >= 15 is 0 Å². The first kappa shape index (κ1) is 13.7. The Bertz CT molecular complexity index is 513. The zero-order chi connectivity index (χ0) is 14.3. The molecule has 0 aliphatic carbocycles. The van der Waals surface area contributed by atoms with Crippen LogP contribution in [0, 0.1) is 35.0 Å². The van der Waals surface area contributed by atoms with E-state index < -0.39 is 53.1 Å². The van der Waals surface area contributed by atoms with Crippen LogP contribution >= 0.6 is 0 Å². The van der Waals surface area contributed by atoms with Gasteiger partial charge in [-0.1, -0.05) is 0 Å². The van der Waals surface area contributed by atoms with E-state index in [1.54, 1.807) is 0 Å². The van der Waals surface area contributed by atoms with Crippen LogP contribution in [0.4, 0.5) is 22.0 Å². The highest BCUT2D eigenvalue weighted by Gasteiger charge is 2.35. The van der Waals surface area contributed by atoms with Crippen LogP contribution in [0.3, 0.4) is 0 Å². The number of halogens is 5. The van der Waals surface area contributed by atoms with E-state index in [1.807, 2.05) is 0 Å². The van der Waals surface area contributed by atoms with E-state index in [2.05, 4.69) is 0 Å². The molecule has 0 spiro atoms. The summed E-state index contributed by atoms with van der Waals surface area (Å²) < 4.78 is 65.2.